The summed E-state index contributed by atoms with van der Waals surface area (Å²) >= 11 is 0. The number of H-pyrrole nitrogens is 1. The van der Waals surface area contributed by atoms with Gasteiger partial charge < -0.3 is 39.0 Å². The van der Waals surface area contributed by atoms with Gasteiger partial charge in [-0.25, -0.2) is 18.1 Å². The summed E-state index contributed by atoms with van der Waals surface area (Å²) in [4.78, 5) is 52.8. The molecule has 4 aliphatic heterocycles. The molecule has 66 heavy (non-hydrogen) atoms. The van der Waals surface area contributed by atoms with Gasteiger partial charge in [0.05, 0.1) is 16.7 Å². The van der Waals surface area contributed by atoms with E-state index in [0.29, 0.717) is 68.1 Å². The second-order valence-corrected chi connectivity index (χ2v) is 19.2. The van der Waals surface area contributed by atoms with E-state index in [4.69, 9.17) is 28.6 Å². The molecule has 19 heteroatoms. The van der Waals surface area contributed by atoms with Crippen molar-refractivity contribution in [2.75, 3.05) is 83.7 Å². The van der Waals surface area contributed by atoms with Gasteiger partial charge in [-0.15, -0.1) is 0 Å². The summed E-state index contributed by atoms with van der Waals surface area (Å²) in [7, 11) is -1.53. The first-order chi connectivity index (χ1) is 32.1. The fourth-order valence-electron chi connectivity index (χ4n) is 9.35. The van der Waals surface area contributed by atoms with Gasteiger partial charge in [0.25, 0.3) is 15.9 Å². The molecule has 5 aromatic rings. The number of ether oxygens (including phenoxy) is 4. The molecular formula is C47H55N8O10S+. The van der Waals surface area contributed by atoms with E-state index in [1.165, 1.54) is 31.9 Å². The Balaban J connectivity index is 0.862. The molecule has 3 fully saturated rings. The molecule has 5 aliphatic rings. The van der Waals surface area contributed by atoms with Gasteiger partial charge in [0.15, 0.2) is 11.5 Å². The Morgan fingerprint density at radius 2 is 1.68 bits per heavy atom. The highest BCUT2D eigenvalue weighted by atomic mass is 32.2. The second kappa shape index (κ2) is 18.7. The van der Waals surface area contributed by atoms with Crippen LogP contribution in [-0.2, 0) is 42.2 Å². The van der Waals surface area contributed by atoms with Crippen molar-refractivity contribution >= 4 is 49.9 Å². The number of piperazine rings is 1. The summed E-state index contributed by atoms with van der Waals surface area (Å²) in [6.45, 7) is 6.42. The summed E-state index contributed by atoms with van der Waals surface area (Å²) < 4.78 is 53.5. The molecule has 1 atom stereocenters. The number of amides is 2. The number of rotatable bonds is 15. The number of benzene rings is 3. The van der Waals surface area contributed by atoms with E-state index in [9.17, 15) is 18.0 Å². The lowest BCUT2D eigenvalue weighted by molar-refractivity contribution is -1.19. The number of hydrogen-bond acceptors (Lipinski definition) is 14. The van der Waals surface area contributed by atoms with Crippen molar-refractivity contribution in [3.63, 3.8) is 0 Å². The molecule has 1 saturated carbocycles. The zero-order chi connectivity index (χ0) is 45.4. The molecule has 2 saturated heterocycles. The summed E-state index contributed by atoms with van der Waals surface area (Å²) in [5, 5.41) is 4.35. The molecule has 4 N–H and O–H groups in total. The summed E-state index contributed by atoms with van der Waals surface area (Å²) in [6, 6.07) is 17.5. The van der Waals surface area contributed by atoms with E-state index in [2.05, 4.69) is 40.8 Å². The predicted octanol–water partition coefficient (Wildman–Crippen LogP) is 4.17. The largest absolute Gasteiger partial charge is 0.455 e. The number of hydrogen-bond donors (Lipinski definition) is 4. The van der Waals surface area contributed by atoms with Gasteiger partial charge in [-0.05, 0) is 103 Å². The lowest BCUT2D eigenvalue weighted by Crippen LogP contribution is -3.04. The van der Waals surface area contributed by atoms with Gasteiger partial charge in [0.1, 0.15) is 37.1 Å². The van der Waals surface area contributed by atoms with Crippen molar-refractivity contribution in [3.05, 3.63) is 89.7 Å². The number of quaternary nitrogens is 1. The SMILES string of the molecule is CO[NH+](OC)c1cc(S(=O)(=O)NC(=O)c2ccc(N3CCN(CC4Cc5cc6c(cc5CN4C(=O)C4CC4)OCO6)CC3)cc2Oc2cnc3[nH]ccc3c2)ccc1NCC1CCOCC1. The van der Waals surface area contributed by atoms with Crippen LogP contribution >= 0.6 is 0 Å². The van der Waals surface area contributed by atoms with Gasteiger partial charge in [0, 0.05) is 100 Å². The number of aromatic amines is 1. The van der Waals surface area contributed by atoms with Gasteiger partial charge >= 0.3 is 0 Å². The molecule has 1 aliphatic carbocycles. The fraction of sp³-hybridized carbons (Fsp3) is 0.426. The first kappa shape index (κ1) is 43.9. The maximum Gasteiger partial charge on any atom is 0.268 e. The van der Waals surface area contributed by atoms with Crippen molar-refractivity contribution in [2.24, 2.45) is 11.8 Å². The number of pyridine rings is 1. The normalized spacial score (nSPS) is 19.0. The van der Waals surface area contributed by atoms with E-state index in [-0.39, 0.29) is 46.1 Å². The molecule has 10 rings (SSSR count). The van der Waals surface area contributed by atoms with E-state index in [1.807, 2.05) is 18.2 Å². The maximum absolute atomic E-state index is 14.1. The molecular weight excluding hydrogens is 869 g/mol. The lowest BCUT2D eigenvalue weighted by atomic mass is 9.92. The van der Waals surface area contributed by atoms with Crippen LogP contribution in [0.15, 0.2) is 78.0 Å². The van der Waals surface area contributed by atoms with Crippen LogP contribution in [0.3, 0.4) is 0 Å². The van der Waals surface area contributed by atoms with Crippen LogP contribution in [0, 0.1) is 11.8 Å². The standard InChI is InChI=1S/C47H54N8O10S/c1-60-55(61-2)41-24-38(6-8-40(41)49-25-30-10-17-62-18-11-30)66(58,59)51-46(56)39-7-5-35(23-42(39)65-37-20-32-9-12-48-45(32)50-26-37)53-15-13-52(14-16-53)28-36-19-33-21-43-44(64-29-63-43)22-34(33)27-54(36)47(57)31-3-4-31/h5-9,12,20-24,26,30-31,36,49H,3-4,10-11,13-19,25,27-29H2,1-2H3,(H,48,50)(H,51,56)/p+1. The van der Waals surface area contributed by atoms with Gasteiger partial charge in [-0.2, -0.15) is 9.68 Å². The van der Waals surface area contributed by atoms with E-state index in [1.54, 1.807) is 36.7 Å². The zero-order valence-electron chi connectivity index (χ0n) is 37.0. The van der Waals surface area contributed by atoms with Crippen molar-refractivity contribution in [3.8, 4) is 23.0 Å². The number of anilines is 2. The van der Waals surface area contributed by atoms with Crippen LogP contribution in [0.2, 0.25) is 0 Å². The van der Waals surface area contributed by atoms with E-state index in [0.717, 1.165) is 79.9 Å². The van der Waals surface area contributed by atoms with Gasteiger partial charge in [0.2, 0.25) is 18.4 Å². The molecule has 3 aromatic carbocycles. The average molecular weight is 924 g/mol. The fourth-order valence-corrected chi connectivity index (χ4v) is 10.3. The molecule has 0 bridgehead atoms. The maximum atomic E-state index is 14.1. The van der Waals surface area contributed by atoms with Crippen LogP contribution in [-0.4, -0.2) is 120 Å². The van der Waals surface area contributed by atoms with Crippen molar-refractivity contribution in [1.82, 2.24) is 24.5 Å². The Labute approximate surface area is 383 Å². The third kappa shape index (κ3) is 9.36. The highest BCUT2D eigenvalue weighted by Gasteiger charge is 2.40. The summed E-state index contributed by atoms with van der Waals surface area (Å²) in [6.07, 6.45) is 7.80. The van der Waals surface area contributed by atoms with Crippen LogP contribution in [0.4, 0.5) is 17.1 Å². The molecule has 0 radical (unpaired) electrons. The molecule has 0 spiro atoms. The van der Waals surface area contributed by atoms with Crippen LogP contribution in [0.1, 0.15) is 47.2 Å². The monoisotopic (exact) mass is 923 g/mol. The topological polar surface area (TPSA) is 191 Å². The highest BCUT2D eigenvalue weighted by molar-refractivity contribution is 7.90. The first-order valence-corrected chi connectivity index (χ1v) is 24.0. The minimum atomic E-state index is -4.41. The molecule has 348 valence electrons. The number of carbonyl (C=O) groups excluding carboxylic acids is 2. The minimum Gasteiger partial charge on any atom is -0.455 e. The Bertz CT molecular complexity index is 2710. The Morgan fingerprint density at radius 3 is 2.44 bits per heavy atom. The van der Waals surface area contributed by atoms with Crippen LogP contribution in [0.5, 0.6) is 23.0 Å². The van der Waals surface area contributed by atoms with Crippen molar-refractivity contribution in [1.29, 1.82) is 0 Å². The average Bonchev–Trinajstić information content (AvgIpc) is 3.91. The number of sulfonamides is 1. The van der Waals surface area contributed by atoms with Crippen molar-refractivity contribution < 1.29 is 51.9 Å². The summed E-state index contributed by atoms with van der Waals surface area (Å²) in [5.41, 5.74) is 4.84. The number of carbonyl (C=O) groups is 2. The number of fused-ring (bicyclic) bond motifs is 3. The van der Waals surface area contributed by atoms with E-state index < -0.39 is 15.9 Å². The molecule has 18 nitrogen and oxygen atoms in total. The number of nitrogens with zero attached hydrogens (tertiary/aromatic N) is 4. The number of aromatic nitrogens is 2. The van der Waals surface area contributed by atoms with Crippen LogP contribution < -0.4 is 34.4 Å². The second-order valence-electron chi connectivity index (χ2n) is 17.5. The molecule has 1 unspecified atom stereocenters. The predicted molar refractivity (Wildman–Crippen MR) is 242 cm³/mol. The Kier molecular flexibility index (Phi) is 12.5. The third-order valence-corrected chi connectivity index (χ3v) is 14.5. The number of nitrogens with one attached hydrogen (secondary N) is 4. The quantitative estimate of drug-likeness (QED) is 0.110. The first-order valence-electron chi connectivity index (χ1n) is 22.5. The Hall–Kier alpha value is -5.96. The van der Waals surface area contributed by atoms with E-state index >= 15 is 0 Å². The van der Waals surface area contributed by atoms with Gasteiger partial charge in [-0.3, -0.25) is 14.5 Å². The molecule has 6 heterocycles. The summed E-state index contributed by atoms with van der Waals surface area (Å²) in [5.74, 6) is 1.91. The molecule has 2 amide bonds. The third-order valence-electron chi connectivity index (χ3n) is 13.2. The smallest absolute Gasteiger partial charge is 0.268 e. The van der Waals surface area contributed by atoms with Gasteiger partial charge in [-0.1, -0.05) is 0 Å². The molecule has 2 aromatic heterocycles. The van der Waals surface area contributed by atoms with Crippen LogP contribution in [0.25, 0.3) is 11.0 Å². The lowest BCUT2D eigenvalue weighted by Gasteiger charge is -2.42. The minimum absolute atomic E-state index is 0.0201. The Morgan fingerprint density at radius 1 is 0.909 bits per heavy atom. The van der Waals surface area contributed by atoms with Crippen molar-refractivity contribution in [2.45, 2.75) is 49.6 Å². The highest BCUT2D eigenvalue weighted by Crippen LogP contribution is 2.40. The zero-order valence-corrected chi connectivity index (χ0v) is 37.9.